The van der Waals surface area contributed by atoms with Crippen molar-refractivity contribution in [3.05, 3.63) is 29.3 Å². The van der Waals surface area contributed by atoms with Gasteiger partial charge in [0.1, 0.15) is 11.9 Å². The maximum absolute atomic E-state index is 12.2. The Hall–Kier alpha value is -2.84. The van der Waals surface area contributed by atoms with Crippen LogP contribution in [0.5, 0.6) is 0 Å². The summed E-state index contributed by atoms with van der Waals surface area (Å²) in [7, 11) is 0. The Morgan fingerprint density at radius 3 is 2.86 bits per heavy atom. The molecular weight excluding hydrogens is 374 g/mol. The van der Waals surface area contributed by atoms with Crippen molar-refractivity contribution in [2.24, 2.45) is 11.8 Å². The van der Waals surface area contributed by atoms with Crippen molar-refractivity contribution in [2.75, 3.05) is 5.32 Å². The second-order valence-corrected chi connectivity index (χ2v) is 8.90. The van der Waals surface area contributed by atoms with Gasteiger partial charge in [0.15, 0.2) is 5.82 Å². The molecule has 29 heavy (non-hydrogen) atoms. The number of alkyl carbamates (subject to hydrolysis) is 1. The standard InChI is InChI=1S/C20H25N5O4/c1-10-5-11(29-25-10)6-18(26)21-17-9-15(23-24-17)13-8-16(14-7-12(13)14)28-19(27)22-20(2)3-4-20/h5,9,12-14,16H,3-4,6-8H2,1-2H3,(H,22,27)(H2,21,23,24,26)/t12?,13-,14?,16+/m0/s1. The molecule has 9 heteroatoms. The zero-order chi connectivity index (χ0) is 20.2. The highest BCUT2D eigenvalue weighted by molar-refractivity contribution is 5.91. The van der Waals surface area contributed by atoms with E-state index in [9.17, 15) is 9.59 Å². The van der Waals surface area contributed by atoms with Crippen LogP contribution in [0, 0.1) is 18.8 Å². The van der Waals surface area contributed by atoms with E-state index in [-0.39, 0.29) is 36.0 Å². The average Bonchev–Trinajstić information content (AvgIpc) is 3.43. The molecular formula is C20H25N5O4. The summed E-state index contributed by atoms with van der Waals surface area (Å²) in [6.07, 6.45) is 3.63. The van der Waals surface area contributed by atoms with Gasteiger partial charge >= 0.3 is 6.09 Å². The maximum atomic E-state index is 12.2. The lowest BCUT2D eigenvalue weighted by atomic mass is 9.99. The van der Waals surface area contributed by atoms with Crippen LogP contribution in [-0.4, -0.2) is 39.0 Å². The minimum absolute atomic E-state index is 0.0524. The average molecular weight is 399 g/mol. The molecule has 0 spiro atoms. The third kappa shape index (κ3) is 3.86. The maximum Gasteiger partial charge on any atom is 0.407 e. The Morgan fingerprint density at radius 1 is 1.31 bits per heavy atom. The number of hydrogen-bond acceptors (Lipinski definition) is 6. The summed E-state index contributed by atoms with van der Waals surface area (Å²) >= 11 is 0. The van der Waals surface area contributed by atoms with E-state index in [1.807, 2.05) is 19.9 Å². The highest BCUT2D eigenvalue weighted by atomic mass is 16.6. The van der Waals surface area contributed by atoms with E-state index in [1.54, 1.807) is 6.07 Å². The Morgan fingerprint density at radius 2 is 2.14 bits per heavy atom. The molecule has 154 valence electrons. The van der Waals surface area contributed by atoms with E-state index >= 15 is 0 Å². The molecule has 2 aromatic rings. The zero-order valence-electron chi connectivity index (χ0n) is 16.5. The normalized spacial score (nSPS) is 28.5. The highest BCUT2D eigenvalue weighted by Crippen LogP contribution is 2.60. The monoisotopic (exact) mass is 399 g/mol. The van der Waals surface area contributed by atoms with Crippen LogP contribution < -0.4 is 10.6 Å². The molecule has 0 bridgehead atoms. The quantitative estimate of drug-likeness (QED) is 0.686. The number of carbonyl (C=O) groups is 2. The fraction of sp³-hybridized carbons (Fsp3) is 0.600. The van der Waals surface area contributed by atoms with Crippen LogP contribution in [0.15, 0.2) is 16.7 Å². The Kier molecular flexibility index (Phi) is 4.15. The topological polar surface area (TPSA) is 122 Å². The lowest BCUT2D eigenvalue weighted by Gasteiger charge is -2.18. The van der Waals surface area contributed by atoms with Gasteiger partial charge in [-0.2, -0.15) is 5.10 Å². The molecule has 4 atom stereocenters. The lowest BCUT2D eigenvalue weighted by molar-refractivity contribution is -0.115. The van der Waals surface area contributed by atoms with Crippen LogP contribution in [0.3, 0.4) is 0 Å². The van der Waals surface area contributed by atoms with Gasteiger partial charge in [-0.15, -0.1) is 0 Å². The molecule has 3 N–H and O–H groups in total. The number of rotatable bonds is 6. The van der Waals surface area contributed by atoms with Crippen molar-refractivity contribution in [3.8, 4) is 0 Å². The first kappa shape index (κ1) is 18.2. The second-order valence-electron chi connectivity index (χ2n) is 8.90. The summed E-state index contributed by atoms with van der Waals surface area (Å²) in [5, 5.41) is 16.8. The first-order chi connectivity index (χ1) is 13.9. The predicted molar refractivity (Wildman–Crippen MR) is 102 cm³/mol. The van der Waals surface area contributed by atoms with Gasteiger partial charge in [-0.25, -0.2) is 4.79 Å². The molecule has 3 aliphatic rings. The molecule has 9 nitrogen and oxygen atoms in total. The lowest BCUT2D eigenvalue weighted by Crippen LogP contribution is -2.37. The van der Waals surface area contributed by atoms with Crippen LogP contribution in [0.4, 0.5) is 10.6 Å². The smallest absolute Gasteiger partial charge is 0.407 e. The predicted octanol–water partition coefficient (Wildman–Crippen LogP) is 2.66. The van der Waals surface area contributed by atoms with Gasteiger partial charge in [0.25, 0.3) is 0 Å². The number of aromatic amines is 1. The van der Waals surface area contributed by atoms with Crippen LogP contribution in [0.2, 0.25) is 0 Å². The third-order valence-electron chi connectivity index (χ3n) is 6.31. The number of anilines is 1. The zero-order valence-corrected chi connectivity index (χ0v) is 16.5. The third-order valence-corrected chi connectivity index (χ3v) is 6.31. The van der Waals surface area contributed by atoms with Crippen LogP contribution in [0.1, 0.15) is 55.7 Å². The number of carbonyl (C=O) groups excluding carboxylic acids is 2. The van der Waals surface area contributed by atoms with E-state index in [2.05, 4.69) is 26.0 Å². The number of amides is 2. The highest BCUT2D eigenvalue weighted by Gasteiger charge is 2.57. The Labute approximate surface area is 167 Å². The summed E-state index contributed by atoms with van der Waals surface area (Å²) in [6.45, 7) is 3.85. The molecule has 2 aromatic heterocycles. The molecule has 0 aliphatic heterocycles. The van der Waals surface area contributed by atoms with Gasteiger partial charge in [0.05, 0.1) is 12.1 Å². The van der Waals surface area contributed by atoms with Gasteiger partial charge < -0.3 is 19.9 Å². The number of fused-ring (bicyclic) bond motifs is 1. The summed E-state index contributed by atoms with van der Waals surface area (Å²) in [6, 6.07) is 3.61. The van der Waals surface area contributed by atoms with E-state index < -0.39 is 0 Å². The number of H-pyrrole nitrogens is 1. The van der Waals surface area contributed by atoms with Crippen LogP contribution in [0.25, 0.3) is 0 Å². The van der Waals surface area contributed by atoms with Crippen molar-refractivity contribution in [1.82, 2.24) is 20.7 Å². The molecule has 0 saturated heterocycles. The molecule has 3 saturated carbocycles. The van der Waals surface area contributed by atoms with Gasteiger partial charge in [-0.3, -0.25) is 9.89 Å². The Balaban J connectivity index is 1.16. The molecule has 0 aromatic carbocycles. The minimum atomic E-state index is -0.304. The molecule has 3 fully saturated rings. The number of ether oxygens (including phenoxy) is 1. The second kappa shape index (κ2) is 6.60. The van der Waals surface area contributed by atoms with E-state index in [0.717, 1.165) is 37.1 Å². The van der Waals surface area contributed by atoms with Crippen molar-refractivity contribution in [1.29, 1.82) is 0 Å². The summed E-state index contributed by atoms with van der Waals surface area (Å²) in [5.41, 5.74) is 1.65. The largest absolute Gasteiger partial charge is 0.446 e. The molecule has 2 unspecified atom stereocenters. The number of nitrogens with zero attached hydrogens (tertiary/aromatic N) is 2. The van der Waals surface area contributed by atoms with Crippen molar-refractivity contribution in [2.45, 2.75) is 63.5 Å². The minimum Gasteiger partial charge on any atom is -0.446 e. The molecule has 2 amide bonds. The fourth-order valence-corrected chi connectivity index (χ4v) is 4.38. The molecule has 3 aliphatic carbocycles. The molecule has 5 rings (SSSR count). The SMILES string of the molecule is Cc1cc(CC(=O)Nc2cc([C@H]3C[C@@H](OC(=O)NC4(C)CC4)C4CC43)[nH]n2)on1. The fourth-order valence-electron chi connectivity index (χ4n) is 4.38. The molecule has 0 radical (unpaired) electrons. The van der Waals surface area contributed by atoms with Crippen LogP contribution >= 0.6 is 0 Å². The van der Waals surface area contributed by atoms with Crippen molar-refractivity contribution >= 4 is 17.8 Å². The number of hydrogen-bond donors (Lipinski definition) is 3. The van der Waals surface area contributed by atoms with Gasteiger partial charge in [0.2, 0.25) is 5.91 Å². The number of aromatic nitrogens is 3. The van der Waals surface area contributed by atoms with Gasteiger partial charge in [0, 0.05) is 29.3 Å². The van der Waals surface area contributed by atoms with E-state index in [1.165, 1.54) is 0 Å². The number of nitrogens with one attached hydrogen (secondary N) is 3. The van der Waals surface area contributed by atoms with Crippen molar-refractivity contribution in [3.63, 3.8) is 0 Å². The summed E-state index contributed by atoms with van der Waals surface area (Å²) < 4.78 is 10.8. The first-order valence-corrected chi connectivity index (χ1v) is 10.1. The van der Waals surface area contributed by atoms with Crippen molar-refractivity contribution < 1.29 is 18.8 Å². The summed E-state index contributed by atoms with van der Waals surface area (Å²) in [4.78, 5) is 24.3. The summed E-state index contributed by atoms with van der Waals surface area (Å²) in [5.74, 6) is 2.00. The van der Waals surface area contributed by atoms with E-state index in [4.69, 9.17) is 9.26 Å². The Bertz CT molecular complexity index is 946. The van der Waals surface area contributed by atoms with Gasteiger partial charge in [-0.05, 0) is 51.4 Å². The van der Waals surface area contributed by atoms with E-state index in [0.29, 0.717) is 23.4 Å². The van der Waals surface area contributed by atoms with Crippen LogP contribution in [-0.2, 0) is 16.0 Å². The van der Waals surface area contributed by atoms with Gasteiger partial charge in [-0.1, -0.05) is 5.16 Å². The first-order valence-electron chi connectivity index (χ1n) is 10.1. The number of aryl methyl sites for hydroxylation is 1. The molecule has 2 heterocycles.